The molecule has 4 heterocycles. The second-order valence-corrected chi connectivity index (χ2v) is 9.94. The molecule has 0 saturated carbocycles. The number of rotatable bonds is 5. The largest absolute Gasteiger partial charge is 0.372 e. The Kier molecular flexibility index (Phi) is 5.79. The minimum atomic E-state index is -3.34. The third-order valence-corrected chi connectivity index (χ3v) is 6.73. The highest BCUT2D eigenvalue weighted by atomic mass is 35.5. The van der Waals surface area contributed by atoms with Crippen molar-refractivity contribution in [2.24, 2.45) is 0 Å². The van der Waals surface area contributed by atoms with Gasteiger partial charge in [0.2, 0.25) is 5.91 Å². The molecule has 1 amide bonds. The van der Waals surface area contributed by atoms with Gasteiger partial charge in [-0.05, 0) is 31.4 Å². The lowest BCUT2D eigenvalue weighted by Crippen LogP contribution is -2.47. The summed E-state index contributed by atoms with van der Waals surface area (Å²) < 4.78 is 23.1. The van der Waals surface area contributed by atoms with Crippen LogP contribution in [0.2, 0.25) is 5.15 Å². The number of halogens is 1. The lowest BCUT2D eigenvalue weighted by molar-refractivity contribution is -0.130. The Morgan fingerprint density at radius 1 is 1.03 bits per heavy atom. The second kappa shape index (κ2) is 8.35. The molecular formula is C19H23ClN6O3S. The van der Waals surface area contributed by atoms with Crippen LogP contribution in [-0.2, 0) is 14.6 Å². The van der Waals surface area contributed by atoms with Gasteiger partial charge in [0.15, 0.2) is 14.9 Å². The van der Waals surface area contributed by atoms with Crippen LogP contribution in [0.15, 0.2) is 35.7 Å². The third-order valence-electron chi connectivity index (χ3n) is 5.53. The number of nitrogens with one attached hydrogen (secondary N) is 1. The molecule has 0 bridgehead atoms. The summed E-state index contributed by atoms with van der Waals surface area (Å²) in [4.78, 5) is 29.4. The van der Waals surface area contributed by atoms with Crippen molar-refractivity contribution in [2.45, 2.75) is 36.4 Å². The van der Waals surface area contributed by atoms with Crippen LogP contribution in [0.1, 0.15) is 19.3 Å². The molecule has 160 valence electrons. The summed E-state index contributed by atoms with van der Waals surface area (Å²) in [5, 5.41) is 3.58. The highest BCUT2D eigenvalue weighted by Crippen LogP contribution is 2.26. The summed E-state index contributed by atoms with van der Waals surface area (Å²) in [6, 6.07) is 2.97. The first-order valence-corrected chi connectivity index (χ1v) is 12.0. The fraction of sp³-hybridized carbons (Fsp3) is 0.474. The molecule has 30 heavy (non-hydrogen) atoms. The zero-order chi connectivity index (χ0) is 21.3. The normalized spacial score (nSPS) is 20.6. The molecule has 2 aliphatic rings. The summed E-state index contributed by atoms with van der Waals surface area (Å²) in [6.07, 6.45) is 8.23. The maximum Gasteiger partial charge on any atom is 0.245 e. The van der Waals surface area contributed by atoms with Crippen LogP contribution in [0.25, 0.3) is 0 Å². The van der Waals surface area contributed by atoms with Gasteiger partial charge in [-0.25, -0.2) is 23.4 Å². The highest BCUT2D eigenvalue weighted by Gasteiger charge is 2.37. The Labute approximate surface area is 180 Å². The molecule has 2 aromatic heterocycles. The van der Waals surface area contributed by atoms with E-state index in [2.05, 4.69) is 25.2 Å². The van der Waals surface area contributed by atoms with Crippen molar-refractivity contribution in [3.05, 3.63) is 35.9 Å². The number of piperidine rings is 1. The molecule has 2 aromatic rings. The maximum atomic E-state index is 12.9. The van der Waals surface area contributed by atoms with E-state index in [1.165, 1.54) is 12.3 Å². The molecule has 0 radical (unpaired) electrons. The van der Waals surface area contributed by atoms with Gasteiger partial charge >= 0.3 is 0 Å². The number of sulfone groups is 1. The average molecular weight is 451 g/mol. The lowest BCUT2D eigenvalue weighted by Gasteiger charge is -2.37. The van der Waals surface area contributed by atoms with Crippen LogP contribution in [-0.4, -0.2) is 72.2 Å². The number of hydrogen-bond acceptors (Lipinski definition) is 8. The summed E-state index contributed by atoms with van der Waals surface area (Å²) in [6.45, 7) is 2.32. The number of carbonyl (C=O) groups is 1. The Balaban J connectivity index is 1.33. The number of amides is 1. The number of aromatic nitrogens is 3. The van der Waals surface area contributed by atoms with E-state index in [-0.39, 0.29) is 23.0 Å². The average Bonchev–Trinajstić information content (AvgIpc) is 3.09. The number of likely N-dealkylation sites (tertiary alicyclic amines) is 1. The van der Waals surface area contributed by atoms with Gasteiger partial charge in [0.1, 0.15) is 17.0 Å². The monoisotopic (exact) mass is 450 g/mol. The summed E-state index contributed by atoms with van der Waals surface area (Å²) in [5.74, 6) is 0.877. The topological polar surface area (TPSA) is 108 Å². The van der Waals surface area contributed by atoms with Crippen LogP contribution in [0, 0.1) is 0 Å². The van der Waals surface area contributed by atoms with Gasteiger partial charge in [-0.2, -0.15) is 0 Å². The summed E-state index contributed by atoms with van der Waals surface area (Å²) in [7, 11) is -3.34. The third kappa shape index (κ3) is 4.49. The number of nitrogens with zero attached hydrogens (tertiary/aromatic N) is 5. The Bertz CT molecular complexity index is 1010. The first-order chi connectivity index (χ1) is 14.3. The van der Waals surface area contributed by atoms with E-state index in [4.69, 9.17) is 11.6 Å². The van der Waals surface area contributed by atoms with E-state index in [9.17, 15) is 13.2 Å². The smallest absolute Gasteiger partial charge is 0.245 e. The Morgan fingerprint density at radius 3 is 2.40 bits per heavy atom. The standard InChI is InChI=1S/C19H23ClN6O3S/c1-30(28,29)18-3-2-13(10-23-18)24-15-6-9-26(19(15)27)14-4-7-25(8-5-14)17-12-21-16(20)11-22-17/h2-3,10-12,14-15,24H,4-9H2,1H3. The molecule has 2 fully saturated rings. The number of anilines is 2. The lowest BCUT2D eigenvalue weighted by atomic mass is 10.0. The highest BCUT2D eigenvalue weighted by molar-refractivity contribution is 7.90. The fourth-order valence-corrected chi connectivity index (χ4v) is 4.62. The minimum Gasteiger partial charge on any atom is -0.372 e. The van der Waals surface area contributed by atoms with Crippen molar-refractivity contribution in [2.75, 3.05) is 36.1 Å². The Morgan fingerprint density at radius 2 is 1.80 bits per heavy atom. The molecule has 2 saturated heterocycles. The van der Waals surface area contributed by atoms with Gasteiger partial charge in [0.25, 0.3) is 0 Å². The summed E-state index contributed by atoms with van der Waals surface area (Å²) in [5.41, 5.74) is 0.638. The fourth-order valence-electron chi connectivity index (χ4n) is 3.96. The van der Waals surface area contributed by atoms with Gasteiger partial charge in [0.05, 0.1) is 24.3 Å². The van der Waals surface area contributed by atoms with Gasteiger partial charge in [0, 0.05) is 31.9 Å². The molecule has 4 rings (SSSR count). The van der Waals surface area contributed by atoms with Crippen molar-refractivity contribution in [1.29, 1.82) is 0 Å². The van der Waals surface area contributed by atoms with Crippen molar-refractivity contribution in [3.8, 4) is 0 Å². The molecule has 0 aromatic carbocycles. The Hall–Kier alpha value is -2.46. The molecule has 11 heteroatoms. The molecule has 1 unspecified atom stereocenters. The maximum absolute atomic E-state index is 12.9. The van der Waals surface area contributed by atoms with Crippen molar-refractivity contribution in [1.82, 2.24) is 19.9 Å². The predicted octanol–water partition coefficient (Wildman–Crippen LogP) is 1.61. The van der Waals surface area contributed by atoms with Gasteiger partial charge < -0.3 is 15.1 Å². The molecular weight excluding hydrogens is 428 g/mol. The SMILES string of the molecule is CS(=O)(=O)c1ccc(NC2CCN(C3CCN(c4cnc(Cl)cn4)CC3)C2=O)cn1. The van der Waals surface area contributed by atoms with Crippen molar-refractivity contribution in [3.63, 3.8) is 0 Å². The first kappa shape index (κ1) is 20.8. The van der Waals surface area contributed by atoms with Crippen LogP contribution in [0.5, 0.6) is 0 Å². The van der Waals surface area contributed by atoms with E-state index >= 15 is 0 Å². The second-order valence-electron chi connectivity index (χ2n) is 7.59. The number of carbonyl (C=O) groups excluding carboxylic acids is 1. The molecule has 0 spiro atoms. The van der Waals surface area contributed by atoms with Crippen LogP contribution < -0.4 is 10.2 Å². The molecule has 1 N–H and O–H groups in total. The van der Waals surface area contributed by atoms with Crippen LogP contribution >= 0.6 is 11.6 Å². The number of pyridine rings is 1. The van der Waals surface area contributed by atoms with Gasteiger partial charge in [-0.15, -0.1) is 0 Å². The van der Waals surface area contributed by atoms with E-state index in [0.717, 1.165) is 38.0 Å². The zero-order valence-electron chi connectivity index (χ0n) is 16.5. The zero-order valence-corrected chi connectivity index (χ0v) is 18.1. The van der Waals surface area contributed by atoms with Gasteiger partial charge in [-0.1, -0.05) is 11.6 Å². The molecule has 0 aliphatic carbocycles. The van der Waals surface area contributed by atoms with E-state index in [0.29, 0.717) is 23.8 Å². The van der Waals surface area contributed by atoms with Crippen molar-refractivity contribution < 1.29 is 13.2 Å². The van der Waals surface area contributed by atoms with Gasteiger partial charge in [-0.3, -0.25) is 4.79 Å². The van der Waals surface area contributed by atoms with E-state index < -0.39 is 9.84 Å². The minimum absolute atomic E-state index is 0.0181. The molecule has 9 nitrogen and oxygen atoms in total. The number of hydrogen-bond donors (Lipinski definition) is 1. The summed E-state index contributed by atoms with van der Waals surface area (Å²) >= 11 is 5.80. The molecule has 2 aliphatic heterocycles. The van der Waals surface area contributed by atoms with Crippen LogP contribution in [0.3, 0.4) is 0 Å². The quantitative estimate of drug-likeness (QED) is 0.731. The van der Waals surface area contributed by atoms with E-state index in [1.54, 1.807) is 18.5 Å². The van der Waals surface area contributed by atoms with Crippen LogP contribution in [0.4, 0.5) is 11.5 Å². The first-order valence-electron chi connectivity index (χ1n) is 9.77. The van der Waals surface area contributed by atoms with E-state index in [1.807, 2.05) is 4.90 Å². The molecule has 1 atom stereocenters. The predicted molar refractivity (Wildman–Crippen MR) is 113 cm³/mol. The van der Waals surface area contributed by atoms with Crippen molar-refractivity contribution >= 4 is 38.9 Å².